The average molecular weight is 408 g/mol. The van der Waals surface area contributed by atoms with Gasteiger partial charge in [-0.1, -0.05) is 31.5 Å². The molecule has 1 aromatic heterocycles. The van der Waals surface area contributed by atoms with Crippen molar-refractivity contribution in [2.24, 2.45) is 5.92 Å². The normalized spacial score (nSPS) is 11.4. The maximum absolute atomic E-state index is 13.9. The highest BCUT2D eigenvalue weighted by molar-refractivity contribution is 6.31. The molecule has 0 saturated carbocycles. The van der Waals surface area contributed by atoms with E-state index in [9.17, 15) is 9.18 Å². The lowest BCUT2D eigenvalue weighted by Crippen LogP contribution is -2.28. The summed E-state index contributed by atoms with van der Waals surface area (Å²) >= 11 is 6.42. The Bertz CT molecular complexity index is 862. The van der Waals surface area contributed by atoms with Gasteiger partial charge in [0.25, 0.3) is 0 Å². The number of aryl methyl sites for hydroxylation is 1. The molecule has 1 heterocycles. The molecule has 1 amide bonds. The van der Waals surface area contributed by atoms with Gasteiger partial charge in [0.05, 0.1) is 12.8 Å². The Morgan fingerprint density at radius 1 is 1.43 bits per heavy atom. The van der Waals surface area contributed by atoms with Crippen LogP contribution >= 0.6 is 11.6 Å². The van der Waals surface area contributed by atoms with Crippen molar-refractivity contribution in [1.29, 1.82) is 0 Å². The van der Waals surface area contributed by atoms with Gasteiger partial charge in [-0.2, -0.15) is 5.10 Å². The van der Waals surface area contributed by atoms with Crippen LogP contribution in [0.25, 0.3) is 6.08 Å². The molecule has 1 aromatic carbocycles. The number of aromatic nitrogens is 2. The van der Waals surface area contributed by atoms with Crippen molar-refractivity contribution >= 4 is 23.6 Å². The van der Waals surface area contributed by atoms with Crippen molar-refractivity contribution in [2.45, 2.75) is 40.8 Å². The van der Waals surface area contributed by atoms with Crippen molar-refractivity contribution in [3.8, 4) is 5.75 Å². The Hall–Kier alpha value is -2.34. The van der Waals surface area contributed by atoms with Crippen molar-refractivity contribution in [3.63, 3.8) is 0 Å². The Kier molecular flexibility index (Phi) is 7.63. The molecule has 7 heteroatoms. The summed E-state index contributed by atoms with van der Waals surface area (Å²) in [5, 5.41) is 4.97. The Balaban J connectivity index is 2.13. The third-order valence-corrected chi connectivity index (χ3v) is 4.72. The van der Waals surface area contributed by atoms with E-state index in [1.54, 1.807) is 27.8 Å². The molecule has 0 saturated heterocycles. The molecule has 0 aliphatic rings. The number of amides is 1. The zero-order chi connectivity index (χ0) is 20.8. The molecule has 0 atom stereocenters. The maximum atomic E-state index is 13.9. The first kappa shape index (κ1) is 22.0. The van der Waals surface area contributed by atoms with Gasteiger partial charge in [-0.15, -0.1) is 0 Å². The molecule has 0 fully saturated rings. The van der Waals surface area contributed by atoms with Crippen LogP contribution in [0.4, 0.5) is 4.39 Å². The van der Waals surface area contributed by atoms with Gasteiger partial charge in [0.2, 0.25) is 5.91 Å². The Morgan fingerprint density at radius 2 is 2.14 bits per heavy atom. The summed E-state index contributed by atoms with van der Waals surface area (Å²) in [6.45, 7) is 9.44. The van der Waals surface area contributed by atoms with Crippen molar-refractivity contribution < 1.29 is 13.9 Å². The quantitative estimate of drug-likeness (QED) is 0.595. The molecule has 0 aliphatic heterocycles. The van der Waals surface area contributed by atoms with Crippen LogP contribution in [0.2, 0.25) is 5.15 Å². The van der Waals surface area contributed by atoms with E-state index in [2.05, 4.69) is 18.9 Å². The summed E-state index contributed by atoms with van der Waals surface area (Å²) in [5.74, 6) is -0.0258. The maximum Gasteiger partial charge on any atom is 0.246 e. The number of rotatable bonds is 8. The van der Waals surface area contributed by atoms with Gasteiger partial charge in [0, 0.05) is 31.3 Å². The molecule has 0 aliphatic carbocycles. The van der Waals surface area contributed by atoms with Gasteiger partial charge in [-0.25, -0.2) is 4.39 Å². The molecule has 2 aromatic rings. The van der Waals surface area contributed by atoms with Crippen molar-refractivity contribution in [2.75, 3.05) is 13.7 Å². The number of likely N-dealkylation sites (N-methyl/N-ethyl adjacent to an activating group) is 1. The summed E-state index contributed by atoms with van der Waals surface area (Å²) in [4.78, 5) is 14.2. The molecule has 5 nitrogen and oxygen atoms in total. The highest BCUT2D eigenvalue weighted by atomic mass is 35.5. The minimum atomic E-state index is -0.445. The number of benzene rings is 1. The van der Waals surface area contributed by atoms with E-state index in [1.807, 2.05) is 13.8 Å². The molecular formula is C21H27ClFN3O2. The third kappa shape index (κ3) is 5.35. The topological polar surface area (TPSA) is 47.4 Å². The van der Waals surface area contributed by atoms with E-state index in [4.69, 9.17) is 16.3 Å². The first-order valence-corrected chi connectivity index (χ1v) is 9.66. The summed E-state index contributed by atoms with van der Waals surface area (Å²) in [6, 6.07) is 4.69. The standard InChI is InChI=1S/C21H27ClFN3O2/c1-6-25(13-16-7-9-19(28-5)18(23)11-16)20(27)10-8-17-15(4)24-26(21(17)22)12-14(2)3/h7-11,14H,6,12-13H2,1-5H3/b10-8+. The number of hydrogen-bond acceptors (Lipinski definition) is 3. The lowest BCUT2D eigenvalue weighted by molar-refractivity contribution is -0.126. The summed E-state index contributed by atoms with van der Waals surface area (Å²) in [6.07, 6.45) is 3.18. The SMILES string of the molecule is CCN(Cc1ccc(OC)c(F)c1)C(=O)/C=C/c1c(C)nn(CC(C)C)c1Cl. The van der Waals surface area contributed by atoms with Gasteiger partial charge < -0.3 is 9.64 Å². The third-order valence-electron chi connectivity index (χ3n) is 4.32. The second-order valence-corrected chi connectivity index (χ2v) is 7.38. The second kappa shape index (κ2) is 9.73. The van der Waals surface area contributed by atoms with Crippen LogP contribution in [-0.2, 0) is 17.9 Å². The molecule has 28 heavy (non-hydrogen) atoms. The van der Waals surface area contributed by atoms with Crippen LogP contribution in [0, 0.1) is 18.7 Å². The van der Waals surface area contributed by atoms with Crippen LogP contribution in [0.3, 0.4) is 0 Å². The van der Waals surface area contributed by atoms with Gasteiger partial charge in [-0.05, 0) is 43.5 Å². The fourth-order valence-electron chi connectivity index (χ4n) is 2.86. The highest BCUT2D eigenvalue weighted by Gasteiger charge is 2.14. The van der Waals surface area contributed by atoms with Crippen LogP contribution in [-0.4, -0.2) is 34.2 Å². The van der Waals surface area contributed by atoms with Crippen molar-refractivity contribution in [1.82, 2.24) is 14.7 Å². The Labute approximate surface area is 170 Å². The average Bonchev–Trinajstić information content (AvgIpc) is 2.90. The summed E-state index contributed by atoms with van der Waals surface area (Å²) in [5.41, 5.74) is 2.21. The van der Waals surface area contributed by atoms with Crippen molar-refractivity contribution in [3.05, 3.63) is 52.1 Å². The number of methoxy groups -OCH3 is 1. The lowest BCUT2D eigenvalue weighted by atomic mass is 10.2. The largest absolute Gasteiger partial charge is 0.494 e. The van der Waals surface area contributed by atoms with E-state index in [0.717, 1.165) is 11.3 Å². The summed E-state index contributed by atoms with van der Waals surface area (Å²) in [7, 11) is 1.42. The molecular weight excluding hydrogens is 381 g/mol. The number of nitrogens with zero attached hydrogens (tertiary/aromatic N) is 3. The molecule has 0 spiro atoms. The predicted octanol–water partition coefficient (Wildman–Crippen LogP) is 4.71. The van der Waals surface area contributed by atoms with Gasteiger partial charge >= 0.3 is 0 Å². The molecule has 0 bridgehead atoms. The van der Waals surface area contributed by atoms with Crippen LogP contribution in [0.5, 0.6) is 5.75 Å². The van der Waals surface area contributed by atoms with Crippen LogP contribution in [0.1, 0.15) is 37.6 Å². The molecule has 2 rings (SSSR count). The molecule has 0 radical (unpaired) electrons. The first-order valence-electron chi connectivity index (χ1n) is 9.29. The van der Waals surface area contributed by atoms with Gasteiger partial charge in [0.15, 0.2) is 11.6 Å². The number of carbonyl (C=O) groups is 1. The van der Waals surface area contributed by atoms with E-state index >= 15 is 0 Å². The molecule has 0 N–H and O–H groups in total. The number of ether oxygens (including phenoxy) is 1. The van der Waals surface area contributed by atoms with Gasteiger partial charge in [0.1, 0.15) is 5.15 Å². The lowest BCUT2D eigenvalue weighted by Gasteiger charge is -2.19. The number of halogens is 2. The van der Waals surface area contributed by atoms with E-state index in [1.165, 1.54) is 19.3 Å². The smallest absolute Gasteiger partial charge is 0.246 e. The zero-order valence-electron chi connectivity index (χ0n) is 17.0. The predicted molar refractivity (Wildman–Crippen MR) is 110 cm³/mol. The monoisotopic (exact) mass is 407 g/mol. The fraction of sp³-hybridized carbons (Fsp3) is 0.429. The number of carbonyl (C=O) groups excluding carboxylic acids is 1. The minimum Gasteiger partial charge on any atom is -0.494 e. The highest BCUT2D eigenvalue weighted by Crippen LogP contribution is 2.23. The number of hydrogen-bond donors (Lipinski definition) is 0. The first-order chi connectivity index (χ1) is 13.3. The van der Waals surface area contributed by atoms with E-state index < -0.39 is 5.82 Å². The van der Waals surface area contributed by atoms with Gasteiger partial charge in [-0.3, -0.25) is 9.48 Å². The van der Waals surface area contributed by atoms with E-state index in [-0.39, 0.29) is 11.7 Å². The zero-order valence-corrected chi connectivity index (χ0v) is 17.8. The second-order valence-electron chi connectivity index (χ2n) is 7.02. The Morgan fingerprint density at radius 3 is 2.71 bits per heavy atom. The van der Waals surface area contributed by atoms with Crippen LogP contribution < -0.4 is 4.74 Å². The fourth-order valence-corrected chi connectivity index (χ4v) is 3.16. The van der Waals surface area contributed by atoms with Crippen LogP contribution in [0.15, 0.2) is 24.3 Å². The minimum absolute atomic E-state index is 0.175. The summed E-state index contributed by atoms with van der Waals surface area (Å²) < 4.78 is 20.6. The van der Waals surface area contributed by atoms with E-state index in [0.29, 0.717) is 36.3 Å². The molecule has 152 valence electrons. The molecule has 0 unspecified atom stereocenters.